The summed E-state index contributed by atoms with van der Waals surface area (Å²) in [6.45, 7) is 0. The number of benzene rings is 1. The number of aromatic hydroxyl groups is 1. The van der Waals surface area contributed by atoms with Crippen molar-refractivity contribution in [2.24, 2.45) is 10.9 Å². The van der Waals surface area contributed by atoms with Crippen LogP contribution in [0.4, 0.5) is 0 Å². The summed E-state index contributed by atoms with van der Waals surface area (Å²) in [5.41, 5.74) is 0.777. The van der Waals surface area contributed by atoms with Crippen molar-refractivity contribution >= 4 is 11.9 Å². The third-order valence-electron chi connectivity index (χ3n) is 4.04. The Kier molecular flexibility index (Phi) is 3.34. The second kappa shape index (κ2) is 5.15. The van der Waals surface area contributed by atoms with Gasteiger partial charge in [-0.1, -0.05) is 18.2 Å². The number of nitrogens with zero attached hydrogens (tertiary/aromatic N) is 1. The van der Waals surface area contributed by atoms with Crippen molar-refractivity contribution < 1.29 is 19.7 Å². The van der Waals surface area contributed by atoms with Gasteiger partial charge < -0.3 is 14.9 Å². The van der Waals surface area contributed by atoms with Crippen LogP contribution < -0.4 is 0 Å². The van der Waals surface area contributed by atoms with Crippen molar-refractivity contribution in [3.05, 3.63) is 29.8 Å². The number of carbonyl (C=O) groups is 1. The Hall–Kier alpha value is -2.04. The minimum Gasteiger partial charge on any atom is -0.508 e. The molecule has 1 heterocycles. The van der Waals surface area contributed by atoms with Gasteiger partial charge in [0, 0.05) is 5.56 Å². The van der Waals surface area contributed by atoms with Crippen molar-refractivity contribution in [1.29, 1.82) is 0 Å². The summed E-state index contributed by atoms with van der Waals surface area (Å²) < 4.78 is 5.78. The number of para-hydroxylation sites is 1. The first-order valence-corrected chi connectivity index (χ1v) is 6.86. The molecular formula is C15H17NO4. The zero-order valence-electron chi connectivity index (χ0n) is 11.0. The molecule has 0 amide bonds. The molecular weight excluding hydrogens is 258 g/mol. The van der Waals surface area contributed by atoms with E-state index in [9.17, 15) is 9.90 Å². The first-order chi connectivity index (χ1) is 9.63. The summed E-state index contributed by atoms with van der Waals surface area (Å²) in [7, 11) is 0. The quantitative estimate of drug-likeness (QED) is 0.884. The van der Waals surface area contributed by atoms with Crippen LogP contribution in [0.3, 0.4) is 0 Å². The van der Waals surface area contributed by atoms with E-state index in [1.807, 2.05) is 12.1 Å². The van der Waals surface area contributed by atoms with Gasteiger partial charge in [0.05, 0.1) is 18.4 Å². The summed E-state index contributed by atoms with van der Waals surface area (Å²) in [6, 6.07) is 7.18. The van der Waals surface area contributed by atoms with Gasteiger partial charge in [0.15, 0.2) is 5.90 Å². The van der Waals surface area contributed by atoms with E-state index in [-0.39, 0.29) is 23.8 Å². The number of aliphatic imine (C=N–C) groups is 1. The molecule has 1 aliphatic carbocycles. The maximum absolute atomic E-state index is 11.0. The molecule has 5 nitrogen and oxygen atoms in total. The van der Waals surface area contributed by atoms with Crippen molar-refractivity contribution in [3.8, 4) is 5.75 Å². The second-order valence-electron chi connectivity index (χ2n) is 5.40. The molecule has 3 rings (SSSR count). The average Bonchev–Trinajstić information content (AvgIpc) is 2.82. The number of aliphatic carboxylic acids is 1. The molecule has 2 aliphatic rings. The molecule has 1 aromatic rings. The number of carboxylic acids is 1. The highest BCUT2D eigenvalue weighted by Crippen LogP contribution is 2.33. The van der Waals surface area contributed by atoms with Gasteiger partial charge in [-0.3, -0.25) is 4.79 Å². The SMILES string of the molecule is O=C(O)C1CCC2N=C(Cc3ccccc3O)OC2C1. The van der Waals surface area contributed by atoms with Crippen LogP contribution >= 0.6 is 0 Å². The lowest BCUT2D eigenvalue weighted by Gasteiger charge is -2.26. The van der Waals surface area contributed by atoms with Crippen LogP contribution in [-0.4, -0.2) is 34.2 Å². The lowest BCUT2D eigenvalue weighted by atomic mass is 9.84. The molecule has 0 aromatic heterocycles. The molecule has 3 unspecified atom stereocenters. The van der Waals surface area contributed by atoms with E-state index >= 15 is 0 Å². The Morgan fingerprint density at radius 2 is 2.15 bits per heavy atom. The molecule has 1 aliphatic heterocycles. The van der Waals surface area contributed by atoms with Crippen LogP contribution in [0.2, 0.25) is 0 Å². The van der Waals surface area contributed by atoms with Crippen LogP contribution in [0, 0.1) is 5.92 Å². The van der Waals surface area contributed by atoms with E-state index in [2.05, 4.69) is 4.99 Å². The number of phenolic OH excluding ortho intramolecular Hbond substituents is 1. The van der Waals surface area contributed by atoms with E-state index in [1.165, 1.54) is 0 Å². The molecule has 5 heteroatoms. The topological polar surface area (TPSA) is 79.1 Å². The lowest BCUT2D eigenvalue weighted by molar-refractivity contribution is -0.143. The fourth-order valence-electron chi connectivity index (χ4n) is 2.91. The highest BCUT2D eigenvalue weighted by Gasteiger charge is 2.39. The minimum atomic E-state index is -0.749. The number of hydrogen-bond acceptors (Lipinski definition) is 4. The largest absolute Gasteiger partial charge is 0.508 e. The smallest absolute Gasteiger partial charge is 0.306 e. The first-order valence-electron chi connectivity index (χ1n) is 6.86. The molecule has 0 spiro atoms. The Balaban J connectivity index is 1.67. The zero-order chi connectivity index (χ0) is 14.1. The van der Waals surface area contributed by atoms with Crippen molar-refractivity contribution in [2.75, 3.05) is 0 Å². The predicted molar refractivity (Wildman–Crippen MR) is 72.9 cm³/mol. The molecule has 0 radical (unpaired) electrons. The first kappa shape index (κ1) is 13.0. The normalized spacial score (nSPS) is 28.4. The third-order valence-corrected chi connectivity index (χ3v) is 4.04. The predicted octanol–water partition coefficient (Wildman–Crippen LogP) is 1.99. The number of carboxylic acid groups (broad SMARTS) is 1. The van der Waals surface area contributed by atoms with Crippen LogP contribution in [-0.2, 0) is 16.0 Å². The third kappa shape index (κ3) is 2.48. The molecule has 20 heavy (non-hydrogen) atoms. The van der Waals surface area contributed by atoms with Gasteiger partial charge >= 0.3 is 5.97 Å². The summed E-state index contributed by atoms with van der Waals surface area (Å²) >= 11 is 0. The summed E-state index contributed by atoms with van der Waals surface area (Å²) in [5.74, 6) is -0.234. The fourth-order valence-corrected chi connectivity index (χ4v) is 2.91. The molecule has 1 saturated carbocycles. The van der Waals surface area contributed by atoms with Gasteiger partial charge in [0.2, 0.25) is 0 Å². The van der Waals surface area contributed by atoms with E-state index in [0.29, 0.717) is 25.2 Å². The number of ether oxygens (including phenoxy) is 1. The maximum atomic E-state index is 11.0. The minimum absolute atomic E-state index is 0.0754. The van der Waals surface area contributed by atoms with Gasteiger partial charge in [-0.15, -0.1) is 0 Å². The lowest BCUT2D eigenvalue weighted by Crippen LogP contribution is -2.34. The maximum Gasteiger partial charge on any atom is 0.306 e. The highest BCUT2D eigenvalue weighted by molar-refractivity contribution is 5.81. The van der Waals surface area contributed by atoms with Crippen molar-refractivity contribution in [1.82, 2.24) is 0 Å². The molecule has 0 saturated heterocycles. The number of hydrogen-bond donors (Lipinski definition) is 2. The standard InChI is InChI=1S/C15H17NO4/c17-12-4-2-1-3-9(12)8-14-16-11-6-5-10(15(18)19)7-13(11)20-14/h1-4,10-11,13,17H,5-8H2,(H,18,19). The van der Waals surface area contributed by atoms with Gasteiger partial charge in [-0.2, -0.15) is 0 Å². The molecule has 1 aromatic carbocycles. The summed E-state index contributed by atoms with van der Waals surface area (Å²) in [5, 5.41) is 18.8. The average molecular weight is 275 g/mol. The van der Waals surface area contributed by atoms with Crippen LogP contribution in [0.5, 0.6) is 5.75 Å². The molecule has 1 fully saturated rings. The molecule has 2 N–H and O–H groups in total. The van der Waals surface area contributed by atoms with E-state index in [1.54, 1.807) is 12.1 Å². The second-order valence-corrected chi connectivity index (χ2v) is 5.40. The van der Waals surface area contributed by atoms with Crippen LogP contribution in [0.15, 0.2) is 29.3 Å². The van der Waals surface area contributed by atoms with Gasteiger partial charge in [-0.05, 0) is 25.3 Å². The highest BCUT2D eigenvalue weighted by atomic mass is 16.5. The Labute approximate surface area is 116 Å². The summed E-state index contributed by atoms with van der Waals surface area (Å²) in [4.78, 5) is 15.6. The van der Waals surface area contributed by atoms with E-state index < -0.39 is 5.97 Å². The van der Waals surface area contributed by atoms with Gasteiger partial charge in [0.25, 0.3) is 0 Å². The Morgan fingerprint density at radius 3 is 2.90 bits per heavy atom. The number of fused-ring (bicyclic) bond motifs is 1. The van der Waals surface area contributed by atoms with Gasteiger partial charge in [-0.25, -0.2) is 4.99 Å². The monoisotopic (exact) mass is 275 g/mol. The Bertz CT molecular complexity index is 555. The van der Waals surface area contributed by atoms with Crippen LogP contribution in [0.25, 0.3) is 0 Å². The van der Waals surface area contributed by atoms with Crippen molar-refractivity contribution in [3.63, 3.8) is 0 Å². The summed E-state index contributed by atoms with van der Waals surface area (Å²) in [6.07, 6.45) is 2.27. The van der Waals surface area contributed by atoms with E-state index in [4.69, 9.17) is 9.84 Å². The van der Waals surface area contributed by atoms with Crippen LogP contribution in [0.1, 0.15) is 24.8 Å². The molecule has 106 valence electrons. The number of phenols is 1. The van der Waals surface area contributed by atoms with Crippen molar-refractivity contribution in [2.45, 2.75) is 37.8 Å². The fraction of sp³-hybridized carbons (Fsp3) is 0.467. The number of rotatable bonds is 3. The van der Waals surface area contributed by atoms with E-state index in [0.717, 1.165) is 12.0 Å². The zero-order valence-corrected chi connectivity index (χ0v) is 11.0. The van der Waals surface area contributed by atoms with Gasteiger partial charge in [0.1, 0.15) is 11.9 Å². The Morgan fingerprint density at radius 1 is 1.35 bits per heavy atom. The molecule has 3 atom stereocenters. The molecule has 0 bridgehead atoms.